The van der Waals surface area contributed by atoms with E-state index in [0.29, 0.717) is 5.82 Å². The SMILES string of the molecule is c1ccc(-c2ccc3oc4c5ccccc5c(-c5nc(-c6ccc7c(c6)oc6ccccc67)c6sc7ccccc7c6n5)cc4c3c2)cc1. The molecule has 4 nitrogen and oxygen atoms in total. The van der Waals surface area contributed by atoms with Gasteiger partial charge in [0.15, 0.2) is 5.82 Å². The molecule has 7 aromatic carbocycles. The largest absolute Gasteiger partial charge is 0.456 e. The third kappa shape index (κ3) is 3.97. The molecule has 0 aliphatic rings. The van der Waals surface area contributed by atoms with Crippen LogP contribution in [0.15, 0.2) is 154 Å². The average Bonchev–Trinajstić information content (AvgIpc) is 3.85. The van der Waals surface area contributed by atoms with Crippen molar-refractivity contribution in [3.8, 4) is 33.8 Å². The molecule has 0 saturated carbocycles. The highest BCUT2D eigenvalue weighted by Gasteiger charge is 2.21. The highest BCUT2D eigenvalue weighted by atomic mass is 32.1. The van der Waals surface area contributed by atoms with Crippen LogP contribution >= 0.6 is 11.3 Å². The van der Waals surface area contributed by atoms with E-state index in [2.05, 4.69) is 127 Å². The Morgan fingerprint density at radius 1 is 0.429 bits per heavy atom. The maximum atomic E-state index is 6.57. The third-order valence-corrected chi connectivity index (χ3v) is 10.9. The summed E-state index contributed by atoms with van der Waals surface area (Å²) in [7, 11) is 0. The summed E-state index contributed by atoms with van der Waals surface area (Å²) in [4.78, 5) is 10.8. The van der Waals surface area contributed by atoms with Crippen LogP contribution in [0, 0.1) is 0 Å². The first kappa shape index (κ1) is 26.7. The van der Waals surface area contributed by atoms with E-state index in [-0.39, 0.29) is 0 Å². The van der Waals surface area contributed by atoms with Crippen LogP contribution in [-0.2, 0) is 0 Å². The Bertz CT molecular complexity index is 3110. The van der Waals surface area contributed by atoms with Crippen LogP contribution in [0.2, 0.25) is 0 Å². The van der Waals surface area contributed by atoms with Crippen molar-refractivity contribution < 1.29 is 8.83 Å². The average molecular weight is 645 g/mol. The van der Waals surface area contributed by atoms with Gasteiger partial charge in [0.2, 0.25) is 0 Å². The number of rotatable bonds is 3. The Kier molecular flexibility index (Phi) is 5.51. The van der Waals surface area contributed by atoms with E-state index >= 15 is 0 Å². The summed E-state index contributed by atoms with van der Waals surface area (Å²) in [6.45, 7) is 0. The van der Waals surface area contributed by atoms with E-state index < -0.39 is 0 Å². The first-order valence-corrected chi connectivity index (χ1v) is 17.1. The van der Waals surface area contributed by atoms with Gasteiger partial charge in [-0.15, -0.1) is 11.3 Å². The molecule has 0 N–H and O–H groups in total. The van der Waals surface area contributed by atoms with Gasteiger partial charge in [-0.1, -0.05) is 103 Å². The van der Waals surface area contributed by atoms with Crippen LogP contribution in [0.1, 0.15) is 0 Å². The third-order valence-electron chi connectivity index (χ3n) is 9.70. The monoisotopic (exact) mass is 644 g/mol. The highest BCUT2D eigenvalue weighted by Crippen LogP contribution is 2.44. The molecule has 49 heavy (non-hydrogen) atoms. The minimum absolute atomic E-state index is 0.683. The van der Waals surface area contributed by atoms with Gasteiger partial charge in [0.25, 0.3) is 0 Å². The second-order valence-corrected chi connectivity index (χ2v) is 13.6. The van der Waals surface area contributed by atoms with Crippen molar-refractivity contribution in [2.45, 2.75) is 0 Å². The van der Waals surface area contributed by atoms with Gasteiger partial charge in [-0.25, -0.2) is 9.97 Å². The zero-order valence-corrected chi connectivity index (χ0v) is 26.8. The number of furan rings is 2. The molecule has 0 aliphatic heterocycles. The smallest absolute Gasteiger partial charge is 0.161 e. The highest BCUT2D eigenvalue weighted by molar-refractivity contribution is 7.26. The molecular weight excluding hydrogens is 621 g/mol. The van der Waals surface area contributed by atoms with E-state index in [1.807, 2.05) is 18.2 Å². The molecular formula is C44H24N2O2S. The van der Waals surface area contributed by atoms with Gasteiger partial charge in [-0.2, -0.15) is 0 Å². The first-order valence-electron chi connectivity index (χ1n) is 16.3. The molecule has 11 rings (SSSR count). The molecule has 0 radical (unpaired) electrons. The van der Waals surface area contributed by atoms with Crippen LogP contribution in [0.25, 0.3) is 109 Å². The number of aromatic nitrogens is 2. The van der Waals surface area contributed by atoms with E-state index in [4.69, 9.17) is 18.8 Å². The van der Waals surface area contributed by atoms with E-state index in [1.54, 1.807) is 11.3 Å². The van der Waals surface area contributed by atoms with Gasteiger partial charge in [-0.3, -0.25) is 0 Å². The fourth-order valence-corrected chi connectivity index (χ4v) is 8.53. The van der Waals surface area contributed by atoms with Gasteiger partial charge < -0.3 is 8.83 Å². The molecule has 11 aromatic rings. The van der Waals surface area contributed by atoms with E-state index in [0.717, 1.165) is 92.6 Å². The number of fused-ring (bicyclic) bond motifs is 11. The van der Waals surface area contributed by atoms with Crippen molar-refractivity contribution in [3.05, 3.63) is 146 Å². The van der Waals surface area contributed by atoms with Crippen LogP contribution in [-0.4, -0.2) is 9.97 Å². The molecule has 5 heteroatoms. The van der Waals surface area contributed by atoms with E-state index in [1.165, 1.54) is 10.3 Å². The molecule has 0 unspecified atom stereocenters. The number of nitrogens with zero attached hydrogens (tertiary/aromatic N) is 2. The molecule has 0 spiro atoms. The Hall–Kier alpha value is -6.30. The van der Waals surface area contributed by atoms with Crippen molar-refractivity contribution >= 4 is 86.3 Å². The lowest BCUT2D eigenvalue weighted by atomic mass is 9.98. The summed E-state index contributed by atoms with van der Waals surface area (Å²) in [5.74, 6) is 0.683. The van der Waals surface area contributed by atoms with Crippen LogP contribution in [0.3, 0.4) is 0 Å². The van der Waals surface area contributed by atoms with Crippen molar-refractivity contribution in [1.82, 2.24) is 9.97 Å². The Morgan fingerprint density at radius 2 is 1.14 bits per heavy atom. The van der Waals surface area contributed by atoms with E-state index in [9.17, 15) is 0 Å². The lowest BCUT2D eigenvalue weighted by molar-refractivity contribution is 0.669. The number of thiophene rings is 1. The molecule has 0 aliphatic carbocycles. The fraction of sp³-hybridized carbons (Fsp3) is 0. The van der Waals surface area contributed by atoms with Gasteiger partial charge in [0, 0.05) is 48.1 Å². The molecule has 0 bridgehead atoms. The van der Waals surface area contributed by atoms with Crippen molar-refractivity contribution in [2.75, 3.05) is 0 Å². The number of para-hydroxylation sites is 1. The van der Waals surface area contributed by atoms with Crippen LogP contribution in [0.4, 0.5) is 0 Å². The molecule has 4 heterocycles. The maximum absolute atomic E-state index is 6.57. The van der Waals surface area contributed by atoms with Gasteiger partial charge in [-0.05, 0) is 59.0 Å². The molecule has 0 saturated heterocycles. The maximum Gasteiger partial charge on any atom is 0.161 e. The number of hydrogen-bond acceptors (Lipinski definition) is 5. The summed E-state index contributed by atoms with van der Waals surface area (Å²) in [5, 5.41) is 7.54. The summed E-state index contributed by atoms with van der Waals surface area (Å²) in [6.07, 6.45) is 0. The Morgan fingerprint density at radius 3 is 2.04 bits per heavy atom. The summed E-state index contributed by atoms with van der Waals surface area (Å²) >= 11 is 1.74. The Balaban J connectivity index is 1.21. The minimum atomic E-state index is 0.683. The quantitative estimate of drug-likeness (QED) is 0.192. The molecule has 0 amide bonds. The number of hydrogen-bond donors (Lipinski definition) is 0. The van der Waals surface area contributed by atoms with Crippen LogP contribution < -0.4 is 0 Å². The number of benzene rings is 7. The second kappa shape index (κ2) is 10.1. The predicted octanol–water partition coefficient (Wildman–Crippen LogP) is 12.8. The van der Waals surface area contributed by atoms with Gasteiger partial charge in [0.05, 0.1) is 15.9 Å². The van der Waals surface area contributed by atoms with Gasteiger partial charge >= 0.3 is 0 Å². The minimum Gasteiger partial charge on any atom is -0.456 e. The molecule has 228 valence electrons. The van der Waals surface area contributed by atoms with Crippen molar-refractivity contribution in [1.29, 1.82) is 0 Å². The molecule has 4 aromatic heterocycles. The summed E-state index contributed by atoms with van der Waals surface area (Å²) < 4.78 is 15.1. The van der Waals surface area contributed by atoms with Crippen LogP contribution in [0.5, 0.6) is 0 Å². The molecule has 0 atom stereocenters. The first-order chi connectivity index (χ1) is 24.3. The zero-order valence-electron chi connectivity index (χ0n) is 26.0. The zero-order chi connectivity index (χ0) is 32.1. The topological polar surface area (TPSA) is 52.1 Å². The normalized spacial score (nSPS) is 12.1. The standard InChI is InChI=1S/C44H24N2O2S/c1-2-10-25(11-3-1)26-19-21-37-33(22-26)34-24-35(28-12-4-5-14-31(28)42(34)48-37)44-45-40(43-41(46-44)32-15-7-9-17-39(32)49-43)27-18-20-30-29-13-6-8-16-36(29)47-38(30)23-27/h1-24H. The van der Waals surface area contributed by atoms with Gasteiger partial charge in [0.1, 0.15) is 22.3 Å². The molecule has 0 fully saturated rings. The lowest BCUT2D eigenvalue weighted by Crippen LogP contribution is -1.94. The predicted molar refractivity (Wildman–Crippen MR) is 203 cm³/mol. The fourth-order valence-electron chi connectivity index (χ4n) is 7.37. The second-order valence-electron chi connectivity index (χ2n) is 12.5. The van der Waals surface area contributed by atoms with Crippen molar-refractivity contribution in [2.24, 2.45) is 0 Å². The van der Waals surface area contributed by atoms with Crippen molar-refractivity contribution in [3.63, 3.8) is 0 Å². The Labute approximate surface area is 283 Å². The summed E-state index contributed by atoms with van der Waals surface area (Å²) in [5.41, 5.74) is 9.60. The lowest BCUT2D eigenvalue weighted by Gasteiger charge is -2.10. The summed E-state index contributed by atoms with van der Waals surface area (Å²) in [6, 6.07) is 50.7.